The van der Waals surface area contributed by atoms with Crippen molar-refractivity contribution in [3.8, 4) is 0 Å². The molecule has 1 aliphatic rings. The third kappa shape index (κ3) is 8.59. The van der Waals surface area contributed by atoms with Crippen LogP contribution in [0.1, 0.15) is 70.6 Å². The Morgan fingerprint density at radius 3 is 1.38 bits per heavy atom. The molecule has 88 valence electrons. The smallest absolute Gasteiger partial charge is 0.550 e. The van der Waals surface area contributed by atoms with Crippen molar-refractivity contribution in [2.75, 3.05) is 0 Å². The number of hydrogen-bond donors (Lipinski definition) is 0. The fourth-order valence-corrected chi connectivity index (χ4v) is 2.40. The van der Waals surface area contributed by atoms with Gasteiger partial charge in [-0.3, -0.25) is 0 Å². The maximum atomic E-state index is 10.9. The Balaban J connectivity index is 0.00000225. The predicted octanol–water partition coefficient (Wildman–Crippen LogP) is -0.339. The molecule has 0 heterocycles. The largest absolute Gasteiger partial charge is 1.00 e. The van der Waals surface area contributed by atoms with Crippen LogP contribution < -0.4 is 74.0 Å². The van der Waals surface area contributed by atoms with Crippen molar-refractivity contribution in [3.63, 3.8) is 0 Å². The molecule has 1 fully saturated rings. The monoisotopic (exact) mass is 344 g/mol. The molecule has 1 aliphatic carbocycles. The van der Waals surface area contributed by atoms with Crippen molar-refractivity contribution in [1.29, 1.82) is 0 Å². The minimum atomic E-state index is -0.827. The van der Waals surface area contributed by atoms with Crippen LogP contribution in [-0.2, 0) is 4.79 Å². The summed E-state index contributed by atoms with van der Waals surface area (Å²) in [5.74, 6) is -1.00. The first kappa shape index (κ1) is 17.5. The van der Waals surface area contributed by atoms with E-state index < -0.39 is 5.97 Å². The van der Waals surface area contributed by atoms with Gasteiger partial charge in [-0.2, -0.15) is 0 Å². The number of carbonyl (C=O) groups is 1. The van der Waals surface area contributed by atoms with Crippen LogP contribution in [0.4, 0.5) is 0 Å². The molecule has 0 atom stereocenters. The van der Waals surface area contributed by atoms with Crippen LogP contribution >= 0.6 is 0 Å². The van der Waals surface area contributed by atoms with Gasteiger partial charge in [-0.1, -0.05) is 57.8 Å². The van der Waals surface area contributed by atoms with E-state index in [9.17, 15) is 9.90 Å². The molecule has 2 nitrogen and oxygen atoms in total. The normalized spacial score (nSPS) is 21.2. The van der Waals surface area contributed by atoms with Crippen LogP contribution in [0.25, 0.3) is 0 Å². The number of rotatable bonds is 1. The van der Waals surface area contributed by atoms with E-state index in [0.29, 0.717) is 0 Å². The molecular formula is C13H23CsO2. The summed E-state index contributed by atoms with van der Waals surface area (Å²) in [5, 5.41) is 10.9. The second-order valence-electron chi connectivity index (χ2n) is 4.78. The summed E-state index contributed by atoms with van der Waals surface area (Å²) in [4.78, 5) is 10.9. The number of hydrogen-bond acceptors (Lipinski definition) is 2. The van der Waals surface area contributed by atoms with Gasteiger partial charge in [-0.25, -0.2) is 0 Å². The third-order valence-corrected chi connectivity index (χ3v) is 3.44. The van der Waals surface area contributed by atoms with Crippen molar-refractivity contribution in [1.82, 2.24) is 0 Å². The van der Waals surface area contributed by atoms with E-state index >= 15 is 0 Å². The maximum absolute atomic E-state index is 10.9. The van der Waals surface area contributed by atoms with Gasteiger partial charge >= 0.3 is 68.9 Å². The average Bonchev–Trinajstić information content (AvgIpc) is 2.18. The van der Waals surface area contributed by atoms with Crippen molar-refractivity contribution >= 4 is 5.97 Å². The Hall–Kier alpha value is 1.52. The van der Waals surface area contributed by atoms with Crippen LogP contribution in [-0.4, -0.2) is 5.97 Å². The topological polar surface area (TPSA) is 40.1 Å². The Labute approximate surface area is 158 Å². The molecule has 3 heteroatoms. The molecule has 0 saturated heterocycles. The summed E-state index contributed by atoms with van der Waals surface area (Å²) in [5.41, 5.74) is 0. The fraction of sp³-hybridized carbons (Fsp3) is 0.923. The van der Waals surface area contributed by atoms with Crippen LogP contribution in [0.15, 0.2) is 0 Å². The first-order chi connectivity index (χ1) is 7.30. The van der Waals surface area contributed by atoms with Crippen molar-refractivity contribution < 1.29 is 78.8 Å². The number of carboxylic acid groups (broad SMARTS) is 1. The van der Waals surface area contributed by atoms with E-state index in [4.69, 9.17) is 0 Å². The van der Waals surface area contributed by atoms with Crippen LogP contribution in [0.2, 0.25) is 0 Å². The number of carbonyl (C=O) groups excluding carboxylic acids is 1. The summed E-state index contributed by atoms with van der Waals surface area (Å²) in [7, 11) is 0. The zero-order chi connectivity index (χ0) is 10.9. The van der Waals surface area contributed by atoms with Crippen molar-refractivity contribution in [2.24, 2.45) is 5.92 Å². The molecule has 0 aromatic carbocycles. The zero-order valence-electron chi connectivity index (χ0n) is 10.7. The molecule has 0 aliphatic heterocycles. The van der Waals surface area contributed by atoms with E-state index in [1.165, 1.54) is 44.9 Å². The Kier molecular flexibility index (Phi) is 12.7. The Morgan fingerprint density at radius 1 is 0.750 bits per heavy atom. The quantitative estimate of drug-likeness (QED) is 0.653. The summed E-state index contributed by atoms with van der Waals surface area (Å²) < 4.78 is 0. The molecule has 1 rings (SSSR count). The average molecular weight is 344 g/mol. The van der Waals surface area contributed by atoms with Gasteiger partial charge in [-0.05, 0) is 18.8 Å². The SMILES string of the molecule is O=C([O-])C1CCCCCCCCCCC1.[Cs+]. The molecule has 0 radical (unpaired) electrons. The standard InChI is InChI=1S/C13H24O2.Cs/c14-13(15)12-10-8-6-4-2-1-3-5-7-9-11-12;/h12H,1-11H2,(H,14,15);/q;+1/p-1. The Bertz CT molecular complexity index is 171. The maximum Gasteiger partial charge on any atom is 1.00 e. The van der Waals surface area contributed by atoms with E-state index in [2.05, 4.69) is 0 Å². The first-order valence-corrected chi connectivity index (χ1v) is 6.51. The zero-order valence-corrected chi connectivity index (χ0v) is 17.0. The molecule has 16 heavy (non-hydrogen) atoms. The van der Waals surface area contributed by atoms with Gasteiger partial charge in [0.1, 0.15) is 0 Å². The Morgan fingerprint density at radius 2 is 1.06 bits per heavy atom. The van der Waals surface area contributed by atoms with Gasteiger partial charge in [0.05, 0.1) is 0 Å². The van der Waals surface area contributed by atoms with E-state index in [1.54, 1.807) is 0 Å². The number of carboxylic acids is 1. The summed E-state index contributed by atoms with van der Waals surface area (Å²) in [6.45, 7) is 0. The van der Waals surface area contributed by atoms with E-state index in [1.807, 2.05) is 0 Å². The fourth-order valence-electron chi connectivity index (χ4n) is 2.40. The van der Waals surface area contributed by atoms with Crippen molar-refractivity contribution in [2.45, 2.75) is 70.6 Å². The first-order valence-electron chi connectivity index (χ1n) is 6.51. The van der Waals surface area contributed by atoms with Gasteiger partial charge in [-0.15, -0.1) is 0 Å². The van der Waals surface area contributed by atoms with Gasteiger partial charge in [0.2, 0.25) is 0 Å². The summed E-state index contributed by atoms with van der Waals surface area (Å²) in [6.07, 6.45) is 12.8. The van der Waals surface area contributed by atoms with Gasteiger partial charge in [0.25, 0.3) is 0 Å². The summed E-state index contributed by atoms with van der Waals surface area (Å²) in [6, 6.07) is 0. The summed E-state index contributed by atoms with van der Waals surface area (Å²) >= 11 is 0. The van der Waals surface area contributed by atoms with E-state index in [0.717, 1.165) is 25.7 Å². The molecule has 0 aromatic rings. The minimum Gasteiger partial charge on any atom is -0.550 e. The van der Waals surface area contributed by atoms with Crippen molar-refractivity contribution in [3.05, 3.63) is 0 Å². The third-order valence-electron chi connectivity index (χ3n) is 3.44. The molecule has 0 spiro atoms. The molecule has 1 saturated carbocycles. The van der Waals surface area contributed by atoms with Crippen LogP contribution in [0.3, 0.4) is 0 Å². The van der Waals surface area contributed by atoms with Crippen LogP contribution in [0.5, 0.6) is 0 Å². The number of aliphatic carboxylic acids is 1. The van der Waals surface area contributed by atoms with Crippen LogP contribution in [0, 0.1) is 5.92 Å². The molecule has 0 amide bonds. The van der Waals surface area contributed by atoms with Gasteiger partial charge in [0.15, 0.2) is 0 Å². The minimum absolute atomic E-state index is 0. The predicted molar refractivity (Wildman–Crippen MR) is 59.3 cm³/mol. The second kappa shape index (κ2) is 11.6. The molecule has 0 N–H and O–H groups in total. The molecule has 0 unspecified atom stereocenters. The molecule has 0 aromatic heterocycles. The van der Waals surface area contributed by atoms with Gasteiger partial charge < -0.3 is 9.90 Å². The van der Waals surface area contributed by atoms with Gasteiger partial charge in [0, 0.05) is 5.97 Å². The van der Waals surface area contributed by atoms with E-state index in [-0.39, 0.29) is 74.8 Å². The molecular weight excluding hydrogens is 321 g/mol. The second-order valence-corrected chi connectivity index (χ2v) is 4.78. The molecule has 0 bridgehead atoms.